The molecule has 1 aromatic heterocycles. The van der Waals surface area contributed by atoms with Crippen LogP contribution >= 0.6 is 27.5 Å². The zero-order chi connectivity index (χ0) is 12.4. The second-order valence-electron chi connectivity index (χ2n) is 3.54. The third kappa shape index (κ3) is 2.70. The van der Waals surface area contributed by atoms with Gasteiger partial charge in [-0.2, -0.15) is 0 Å². The van der Waals surface area contributed by atoms with Crippen molar-refractivity contribution in [1.29, 1.82) is 0 Å². The summed E-state index contributed by atoms with van der Waals surface area (Å²) in [6, 6.07) is 1.47. The van der Waals surface area contributed by atoms with Gasteiger partial charge in [0.1, 0.15) is 11.0 Å². The molecule has 2 rings (SSSR count). The van der Waals surface area contributed by atoms with Crippen molar-refractivity contribution in [3.8, 4) is 0 Å². The van der Waals surface area contributed by atoms with Crippen LogP contribution in [0.2, 0.25) is 5.15 Å². The van der Waals surface area contributed by atoms with Gasteiger partial charge in [-0.15, -0.1) is 0 Å². The molecule has 1 aliphatic rings. The number of nitrogens with zero attached hydrogens (tertiary/aromatic N) is 2. The van der Waals surface area contributed by atoms with Crippen molar-refractivity contribution >= 4 is 39.3 Å². The molecule has 1 saturated heterocycles. The molecule has 0 radical (unpaired) electrons. The number of pyridine rings is 1. The summed E-state index contributed by atoms with van der Waals surface area (Å²) in [7, 11) is 0. The summed E-state index contributed by atoms with van der Waals surface area (Å²) >= 11 is 9.16. The van der Waals surface area contributed by atoms with Crippen LogP contribution in [0.1, 0.15) is 10.4 Å². The van der Waals surface area contributed by atoms with Gasteiger partial charge < -0.3 is 14.7 Å². The second kappa shape index (κ2) is 5.20. The molecule has 7 heteroatoms. The number of anilines is 1. The smallest absolute Gasteiger partial charge is 0.338 e. The second-order valence-corrected chi connectivity index (χ2v) is 4.75. The molecule has 0 bridgehead atoms. The van der Waals surface area contributed by atoms with Crippen LogP contribution in [0.5, 0.6) is 0 Å². The van der Waals surface area contributed by atoms with Gasteiger partial charge in [0.2, 0.25) is 0 Å². The Balaban J connectivity index is 2.35. The fraction of sp³-hybridized carbons (Fsp3) is 0.400. The number of carbonyl (C=O) groups is 1. The fourth-order valence-corrected chi connectivity index (χ4v) is 2.39. The highest BCUT2D eigenvalue weighted by Gasteiger charge is 2.19. The quantitative estimate of drug-likeness (QED) is 0.845. The predicted molar refractivity (Wildman–Crippen MR) is 66.9 cm³/mol. The first-order valence-electron chi connectivity index (χ1n) is 5.01. The first kappa shape index (κ1) is 12.6. The van der Waals surface area contributed by atoms with E-state index >= 15 is 0 Å². The standard InChI is InChI=1S/C10H10BrClN2O3/c11-7-5-6(10(15)16)8(12)13-9(7)14-1-3-17-4-2-14/h5H,1-4H2,(H,15,16). The first-order valence-corrected chi connectivity index (χ1v) is 6.18. The topological polar surface area (TPSA) is 62.7 Å². The maximum absolute atomic E-state index is 10.9. The number of aromatic carboxylic acids is 1. The zero-order valence-electron chi connectivity index (χ0n) is 8.82. The molecule has 17 heavy (non-hydrogen) atoms. The van der Waals surface area contributed by atoms with Crippen LogP contribution in [0, 0.1) is 0 Å². The van der Waals surface area contributed by atoms with Crippen molar-refractivity contribution in [2.75, 3.05) is 31.2 Å². The summed E-state index contributed by atoms with van der Waals surface area (Å²) in [5, 5.41) is 8.91. The number of ether oxygens (including phenoxy) is 1. The lowest BCUT2D eigenvalue weighted by Gasteiger charge is -2.28. The van der Waals surface area contributed by atoms with Crippen molar-refractivity contribution < 1.29 is 14.6 Å². The van der Waals surface area contributed by atoms with Crippen LogP contribution in [0.4, 0.5) is 5.82 Å². The molecule has 0 unspecified atom stereocenters. The molecule has 1 fully saturated rings. The number of rotatable bonds is 2. The Labute approximate surface area is 111 Å². The number of halogens is 2. The Kier molecular flexibility index (Phi) is 3.86. The van der Waals surface area contributed by atoms with Gasteiger partial charge in [0.15, 0.2) is 0 Å². The normalized spacial score (nSPS) is 16.0. The summed E-state index contributed by atoms with van der Waals surface area (Å²) in [5.41, 5.74) is -0.00412. The molecule has 2 heterocycles. The minimum Gasteiger partial charge on any atom is -0.478 e. The molecule has 1 N–H and O–H groups in total. The Hall–Kier alpha value is -0.850. The highest BCUT2D eigenvalue weighted by molar-refractivity contribution is 9.10. The Morgan fingerprint density at radius 1 is 1.53 bits per heavy atom. The average molecular weight is 322 g/mol. The van der Waals surface area contributed by atoms with Gasteiger partial charge in [0.25, 0.3) is 0 Å². The van der Waals surface area contributed by atoms with Crippen molar-refractivity contribution in [2.45, 2.75) is 0 Å². The van der Waals surface area contributed by atoms with E-state index in [4.69, 9.17) is 21.4 Å². The monoisotopic (exact) mass is 320 g/mol. The van der Waals surface area contributed by atoms with Crippen LogP contribution in [0.15, 0.2) is 10.5 Å². The molecule has 92 valence electrons. The van der Waals surface area contributed by atoms with Crippen LogP contribution < -0.4 is 4.90 Å². The zero-order valence-corrected chi connectivity index (χ0v) is 11.2. The molecule has 0 amide bonds. The predicted octanol–water partition coefficient (Wildman–Crippen LogP) is 2.03. The third-order valence-corrected chi connectivity index (χ3v) is 3.32. The van der Waals surface area contributed by atoms with Gasteiger partial charge in [0, 0.05) is 13.1 Å². The van der Waals surface area contributed by atoms with Gasteiger partial charge in [-0.3, -0.25) is 0 Å². The fourth-order valence-electron chi connectivity index (χ4n) is 1.60. The Morgan fingerprint density at radius 3 is 2.76 bits per heavy atom. The molecular weight excluding hydrogens is 311 g/mol. The Bertz CT molecular complexity index is 449. The lowest BCUT2D eigenvalue weighted by molar-refractivity contribution is 0.0696. The van der Waals surface area contributed by atoms with Gasteiger partial charge >= 0.3 is 5.97 Å². The molecule has 5 nitrogen and oxygen atoms in total. The number of hydrogen-bond acceptors (Lipinski definition) is 4. The first-order chi connectivity index (χ1) is 8.09. The number of morpholine rings is 1. The van der Waals surface area contributed by atoms with Crippen LogP contribution in [0.25, 0.3) is 0 Å². The minimum atomic E-state index is -1.09. The number of hydrogen-bond donors (Lipinski definition) is 1. The molecule has 0 spiro atoms. The molecule has 0 aliphatic carbocycles. The molecule has 0 saturated carbocycles. The lowest BCUT2D eigenvalue weighted by atomic mass is 10.2. The van der Waals surface area contributed by atoms with E-state index in [0.29, 0.717) is 36.6 Å². The molecule has 0 atom stereocenters. The summed E-state index contributed by atoms with van der Waals surface area (Å²) < 4.78 is 5.87. The Morgan fingerprint density at radius 2 is 2.18 bits per heavy atom. The maximum atomic E-state index is 10.9. The number of aromatic nitrogens is 1. The van der Waals surface area contributed by atoms with Crippen LogP contribution in [-0.4, -0.2) is 42.4 Å². The van der Waals surface area contributed by atoms with E-state index in [1.54, 1.807) is 0 Å². The van der Waals surface area contributed by atoms with E-state index in [2.05, 4.69) is 20.9 Å². The lowest BCUT2D eigenvalue weighted by Crippen LogP contribution is -2.37. The maximum Gasteiger partial charge on any atom is 0.338 e. The van der Waals surface area contributed by atoms with E-state index in [-0.39, 0.29) is 10.7 Å². The average Bonchev–Trinajstić information content (AvgIpc) is 2.32. The van der Waals surface area contributed by atoms with Crippen molar-refractivity contribution in [3.05, 3.63) is 21.3 Å². The van der Waals surface area contributed by atoms with Crippen molar-refractivity contribution in [3.63, 3.8) is 0 Å². The van der Waals surface area contributed by atoms with Gasteiger partial charge in [-0.25, -0.2) is 9.78 Å². The third-order valence-electron chi connectivity index (χ3n) is 2.45. The summed E-state index contributed by atoms with van der Waals surface area (Å²) in [6.07, 6.45) is 0. The van der Waals surface area contributed by atoms with E-state index in [1.165, 1.54) is 6.07 Å². The van der Waals surface area contributed by atoms with Crippen molar-refractivity contribution in [1.82, 2.24) is 4.98 Å². The summed E-state index contributed by atoms with van der Waals surface area (Å²) in [5.74, 6) is -0.431. The molecule has 0 aromatic carbocycles. The SMILES string of the molecule is O=C(O)c1cc(Br)c(N2CCOCC2)nc1Cl. The van der Waals surface area contributed by atoms with Gasteiger partial charge in [-0.05, 0) is 22.0 Å². The van der Waals surface area contributed by atoms with Gasteiger partial charge in [0.05, 0.1) is 23.2 Å². The highest BCUT2D eigenvalue weighted by Crippen LogP contribution is 2.29. The largest absolute Gasteiger partial charge is 0.478 e. The van der Waals surface area contributed by atoms with Crippen LogP contribution in [0.3, 0.4) is 0 Å². The highest BCUT2D eigenvalue weighted by atomic mass is 79.9. The van der Waals surface area contributed by atoms with E-state index in [1.807, 2.05) is 4.90 Å². The molecule has 1 aromatic rings. The minimum absolute atomic E-state index is 0.00203. The summed E-state index contributed by atoms with van der Waals surface area (Å²) in [6.45, 7) is 2.70. The molecular formula is C10H10BrClN2O3. The van der Waals surface area contributed by atoms with Crippen LogP contribution in [-0.2, 0) is 4.74 Å². The summed E-state index contributed by atoms with van der Waals surface area (Å²) in [4.78, 5) is 17.0. The van der Waals surface area contributed by atoms with E-state index in [9.17, 15) is 4.79 Å². The number of carboxylic acids is 1. The number of carboxylic acid groups (broad SMARTS) is 1. The molecule has 1 aliphatic heterocycles. The van der Waals surface area contributed by atoms with Crippen molar-refractivity contribution in [2.24, 2.45) is 0 Å². The van der Waals surface area contributed by atoms with E-state index < -0.39 is 5.97 Å². The van der Waals surface area contributed by atoms with Gasteiger partial charge in [-0.1, -0.05) is 11.6 Å². The van der Waals surface area contributed by atoms with E-state index in [0.717, 1.165) is 0 Å².